The van der Waals surface area contributed by atoms with Gasteiger partial charge in [0.2, 0.25) is 0 Å². The molecule has 1 amide bonds. The second-order valence-corrected chi connectivity index (χ2v) is 5.75. The monoisotopic (exact) mass is 348 g/mol. The van der Waals surface area contributed by atoms with Crippen LogP contribution in [0.4, 0.5) is 4.79 Å². The van der Waals surface area contributed by atoms with E-state index in [9.17, 15) is 4.79 Å². The molecule has 1 fully saturated rings. The van der Waals surface area contributed by atoms with Gasteiger partial charge in [-0.05, 0) is 31.0 Å². The lowest BCUT2D eigenvalue weighted by atomic mass is 10.1. The summed E-state index contributed by atoms with van der Waals surface area (Å²) in [5, 5.41) is 3.39. The largest absolute Gasteiger partial charge is 0.497 e. The number of ether oxygens (including phenoxy) is 2. The third-order valence-electron chi connectivity index (χ3n) is 4.15. The zero-order valence-corrected chi connectivity index (χ0v) is 15.3. The quantitative estimate of drug-likeness (QED) is 0.647. The van der Waals surface area contributed by atoms with Crippen LogP contribution in [0.2, 0.25) is 0 Å². The molecule has 0 aromatic heterocycles. The van der Waals surface area contributed by atoms with Gasteiger partial charge in [0.25, 0.3) is 0 Å². The number of carbonyl (C=O) groups is 1. The summed E-state index contributed by atoms with van der Waals surface area (Å²) in [5.41, 5.74) is 1.22. The smallest absolute Gasteiger partial charge is 0.409 e. The van der Waals surface area contributed by atoms with E-state index in [1.165, 1.54) is 5.56 Å². The number of nitrogens with zero attached hydrogens (tertiary/aromatic N) is 3. The molecule has 1 aromatic rings. The highest BCUT2D eigenvalue weighted by molar-refractivity contribution is 5.80. The lowest BCUT2D eigenvalue weighted by Gasteiger charge is -2.35. The van der Waals surface area contributed by atoms with Gasteiger partial charge in [0.1, 0.15) is 5.75 Å². The third kappa shape index (κ3) is 5.55. The molecule has 1 heterocycles. The first kappa shape index (κ1) is 18.9. The minimum absolute atomic E-state index is 0.233. The van der Waals surface area contributed by atoms with Crippen molar-refractivity contribution in [2.24, 2.45) is 4.99 Å². The molecule has 7 heteroatoms. The lowest BCUT2D eigenvalue weighted by molar-refractivity contribution is 0.0915. The molecule has 2 rings (SSSR count). The van der Waals surface area contributed by atoms with Gasteiger partial charge >= 0.3 is 6.09 Å². The zero-order chi connectivity index (χ0) is 18.1. The van der Waals surface area contributed by atoms with Gasteiger partial charge in [-0.2, -0.15) is 0 Å². The van der Waals surface area contributed by atoms with Crippen LogP contribution in [0, 0.1) is 0 Å². The highest BCUT2D eigenvalue weighted by atomic mass is 16.6. The summed E-state index contributed by atoms with van der Waals surface area (Å²) < 4.78 is 10.3. The molecule has 0 bridgehead atoms. The molecular weight excluding hydrogens is 320 g/mol. The van der Waals surface area contributed by atoms with Crippen molar-refractivity contribution in [2.75, 3.05) is 53.5 Å². The molecule has 0 unspecified atom stereocenters. The van der Waals surface area contributed by atoms with Crippen molar-refractivity contribution in [2.45, 2.75) is 13.3 Å². The van der Waals surface area contributed by atoms with E-state index in [-0.39, 0.29) is 6.09 Å². The van der Waals surface area contributed by atoms with Crippen LogP contribution in [-0.4, -0.2) is 75.3 Å². The van der Waals surface area contributed by atoms with Gasteiger partial charge in [-0.25, -0.2) is 4.79 Å². The number of rotatable bonds is 5. The van der Waals surface area contributed by atoms with Gasteiger partial charge in [0, 0.05) is 39.8 Å². The summed E-state index contributed by atoms with van der Waals surface area (Å²) in [7, 11) is 3.46. The Hall–Kier alpha value is -2.44. The molecule has 0 atom stereocenters. The average molecular weight is 348 g/mol. The van der Waals surface area contributed by atoms with Crippen molar-refractivity contribution >= 4 is 12.1 Å². The van der Waals surface area contributed by atoms with Crippen LogP contribution >= 0.6 is 0 Å². The lowest BCUT2D eigenvalue weighted by Crippen LogP contribution is -2.54. The fourth-order valence-electron chi connectivity index (χ4n) is 2.79. The van der Waals surface area contributed by atoms with Crippen LogP contribution in [0.15, 0.2) is 29.3 Å². The first-order chi connectivity index (χ1) is 12.2. The molecule has 0 aliphatic carbocycles. The number of methoxy groups -OCH3 is 1. The predicted molar refractivity (Wildman–Crippen MR) is 98.2 cm³/mol. The van der Waals surface area contributed by atoms with Crippen molar-refractivity contribution in [3.63, 3.8) is 0 Å². The molecule has 1 aliphatic rings. The highest BCUT2D eigenvalue weighted by Gasteiger charge is 2.23. The van der Waals surface area contributed by atoms with Crippen LogP contribution in [0.1, 0.15) is 12.5 Å². The fraction of sp³-hybridized carbons (Fsp3) is 0.556. The highest BCUT2D eigenvalue weighted by Crippen LogP contribution is 2.12. The second kappa shape index (κ2) is 9.76. The third-order valence-corrected chi connectivity index (χ3v) is 4.15. The van der Waals surface area contributed by atoms with Gasteiger partial charge in [-0.15, -0.1) is 0 Å². The summed E-state index contributed by atoms with van der Waals surface area (Å²) in [6.45, 7) is 5.81. The number of piperazine rings is 1. The Labute approximate surface area is 149 Å². The number of guanidine groups is 1. The number of carbonyl (C=O) groups excluding carboxylic acids is 1. The Morgan fingerprint density at radius 3 is 2.60 bits per heavy atom. The molecular formula is C18H28N4O3. The van der Waals surface area contributed by atoms with E-state index in [1.54, 1.807) is 19.1 Å². The van der Waals surface area contributed by atoms with Gasteiger partial charge < -0.3 is 24.6 Å². The van der Waals surface area contributed by atoms with Crippen molar-refractivity contribution < 1.29 is 14.3 Å². The zero-order valence-electron chi connectivity index (χ0n) is 15.3. The number of aliphatic imine (C=N–C) groups is 1. The maximum atomic E-state index is 11.8. The SMILES string of the molecule is CCOC(=O)N1CCN(C(=NC)NCCc2cccc(OC)c2)CC1. The Bertz CT molecular complexity index is 583. The summed E-state index contributed by atoms with van der Waals surface area (Å²) in [5.74, 6) is 1.74. The summed E-state index contributed by atoms with van der Waals surface area (Å²) >= 11 is 0. The van der Waals surface area contributed by atoms with E-state index in [0.29, 0.717) is 19.7 Å². The molecule has 138 valence electrons. The van der Waals surface area contributed by atoms with E-state index >= 15 is 0 Å². The van der Waals surface area contributed by atoms with Crippen molar-refractivity contribution in [1.29, 1.82) is 0 Å². The van der Waals surface area contributed by atoms with Crippen molar-refractivity contribution in [1.82, 2.24) is 15.1 Å². The maximum absolute atomic E-state index is 11.8. The fourth-order valence-corrected chi connectivity index (χ4v) is 2.79. The van der Waals surface area contributed by atoms with Gasteiger partial charge in [0.15, 0.2) is 5.96 Å². The maximum Gasteiger partial charge on any atom is 0.409 e. The molecule has 1 N–H and O–H groups in total. The Morgan fingerprint density at radius 1 is 1.24 bits per heavy atom. The number of hydrogen-bond acceptors (Lipinski definition) is 4. The van der Waals surface area contributed by atoms with Crippen LogP contribution in [0.3, 0.4) is 0 Å². The Kier molecular flexibility index (Phi) is 7.37. The average Bonchev–Trinajstić information content (AvgIpc) is 2.66. The van der Waals surface area contributed by atoms with Gasteiger partial charge in [-0.1, -0.05) is 12.1 Å². The van der Waals surface area contributed by atoms with E-state index in [4.69, 9.17) is 9.47 Å². The summed E-state index contributed by atoms with van der Waals surface area (Å²) in [6, 6.07) is 8.07. The number of hydrogen-bond donors (Lipinski definition) is 1. The van der Waals surface area contributed by atoms with Crippen LogP contribution in [-0.2, 0) is 11.2 Å². The molecule has 7 nitrogen and oxygen atoms in total. The van der Waals surface area contributed by atoms with Crippen LogP contribution < -0.4 is 10.1 Å². The normalized spacial score (nSPS) is 15.1. The predicted octanol–water partition coefficient (Wildman–Crippen LogP) is 1.59. The number of amides is 1. The molecule has 25 heavy (non-hydrogen) atoms. The Morgan fingerprint density at radius 2 is 1.96 bits per heavy atom. The molecule has 0 saturated carbocycles. The minimum Gasteiger partial charge on any atom is -0.497 e. The Balaban J connectivity index is 1.78. The molecule has 1 saturated heterocycles. The van der Waals surface area contributed by atoms with Crippen LogP contribution in [0.5, 0.6) is 5.75 Å². The van der Waals surface area contributed by atoms with E-state index in [0.717, 1.165) is 37.8 Å². The molecule has 1 aliphatic heterocycles. The standard InChI is InChI=1S/C18H28N4O3/c1-4-25-18(23)22-12-10-21(11-13-22)17(19-2)20-9-8-15-6-5-7-16(14-15)24-3/h5-7,14H,4,8-13H2,1-3H3,(H,19,20). The van der Waals surface area contributed by atoms with Crippen molar-refractivity contribution in [3.8, 4) is 5.75 Å². The minimum atomic E-state index is -0.233. The number of benzene rings is 1. The van der Waals surface area contributed by atoms with E-state index in [1.807, 2.05) is 25.1 Å². The number of nitrogens with one attached hydrogen (secondary N) is 1. The van der Waals surface area contributed by atoms with Gasteiger partial charge in [0.05, 0.1) is 13.7 Å². The summed E-state index contributed by atoms with van der Waals surface area (Å²) in [4.78, 5) is 20.0. The van der Waals surface area contributed by atoms with E-state index in [2.05, 4.69) is 21.3 Å². The molecule has 0 spiro atoms. The topological polar surface area (TPSA) is 66.4 Å². The van der Waals surface area contributed by atoms with Crippen molar-refractivity contribution in [3.05, 3.63) is 29.8 Å². The first-order valence-corrected chi connectivity index (χ1v) is 8.68. The van der Waals surface area contributed by atoms with Crippen LogP contribution in [0.25, 0.3) is 0 Å². The first-order valence-electron chi connectivity index (χ1n) is 8.68. The molecule has 1 aromatic carbocycles. The summed E-state index contributed by atoms with van der Waals surface area (Å²) in [6.07, 6.45) is 0.655. The van der Waals surface area contributed by atoms with Gasteiger partial charge in [-0.3, -0.25) is 4.99 Å². The van der Waals surface area contributed by atoms with E-state index < -0.39 is 0 Å². The molecule has 0 radical (unpaired) electrons. The second-order valence-electron chi connectivity index (χ2n) is 5.75.